The molecule has 0 fully saturated rings. The molecule has 12 rings (SSSR count). The summed E-state index contributed by atoms with van der Waals surface area (Å²) in [5, 5.41) is 5.03. The predicted octanol–water partition coefficient (Wildman–Crippen LogP) is 18.2. The molecule has 0 spiro atoms. The third kappa shape index (κ3) is 6.61. The van der Waals surface area contributed by atoms with E-state index in [9.17, 15) is 0 Å². The molecule has 0 saturated carbocycles. The molecule has 296 valence electrons. The third-order valence-corrected chi connectivity index (χ3v) is 14.6. The highest BCUT2D eigenvalue weighted by Crippen LogP contribution is 2.53. The van der Waals surface area contributed by atoms with Gasteiger partial charge < -0.3 is 4.90 Å². The highest BCUT2D eigenvalue weighted by molar-refractivity contribution is 7.26. The first-order chi connectivity index (χ1) is 31.2. The average Bonchev–Trinajstić information content (AvgIpc) is 3.93. The lowest BCUT2D eigenvalue weighted by Gasteiger charge is -2.31. The average molecular weight is 838 g/mol. The molecule has 0 aliphatic carbocycles. The van der Waals surface area contributed by atoms with Crippen molar-refractivity contribution in [3.63, 3.8) is 0 Å². The molecule has 0 aliphatic heterocycles. The lowest BCUT2D eigenvalue weighted by Crippen LogP contribution is -2.13. The number of nitrogens with zero attached hydrogens (tertiary/aromatic N) is 1. The Bertz CT molecular complexity index is 3540. The molecule has 10 aromatic carbocycles. The van der Waals surface area contributed by atoms with Gasteiger partial charge in [-0.3, -0.25) is 0 Å². The summed E-state index contributed by atoms with van der Waals surface area (Å²) in [6.45, 7) is 0. The summed E-state index contributed by atoms with van der Waals surface area (Å²) in [7, 11) is 0. The molecule has 0 atom stereocenters. The maximum absolute atomic E-state index is 2.57. The molecule has 0 aliphatic rings. The fourth-order valence-electron chi connectivity index (χ4n) is 9.29. The fraction of sp³-hybridized carbons (Fsp3) is 0. The van der Waals surface area contributed by atoms with Crippen LogP contribution in [0.5, 0.6) is 0 Å². The van der Waals surface area contributed by atoms with Gasteiger partial charge in [0, 0.05) is 57.2 Å². The molecule has 0 saturated heterocycles. The number of rotatable bonds is 8. The number of fused-ring (bicyclic) bond motifs is 6. The normalized spacial score (nSPS) is 11.5. The van der Waals surface area contributed by atoms with Crippen molar-refractivity contribution in [3.8, 4) is 55.6 Å². The smallest absolute Gasteiger partial charge is 0.0618 e. The van der Waals surface area contributed by atoms with Crippen LogP contribution >= 0.6 is 22.7 Å². The van der Waals surface area contributed by atoms with E-state index in [0.717, 1.165) is 17.1 Å². The first kappa shape index (κ1) is 37.2. The summed E-state index contributed by atoms with van der Waals surface area (Å²) in [4.78, 5) is 2.57. The van der Waals surface area contributed by atoms with Crippen LogP contribution in [-0.4, -0.2) is 0 Å². The Balaban J connectivity index is 1.18. The van der Waals surface area contributed by atoms with E-state index in [0.29, 0.717) is 0 Å². The summed E-state index contributed by atoms with van der Waals surface area (Å²) in [6.07, 6.45) is 0. The minimum atomic E-state index is 1.11. The van der Waals surface area contributed by atoms with Gasteiger partial charge in [0.15, 0.2) is 0 Å². The largest absolute Gasteiger partial charge is 0.309 e. The van der Waals surface area contributed by atoms with Crippen LogP contribution < -0.4 is 4.90 Å². The van der Waals surface area contributed by atoms with Crippen LogP contribution in [0.15, 0.2) is 237 Å². The van der Waals surface area contributed by atoms with E-state index in [2.05, 4.69) is 241 Å². The van der Waals surface area contributed by atoms with Gasteiger partial charge in [0.05, 0.1) is 11.4 Å². The first-order valence-electron chi connectivity index (χ1n) is 21.4. The number of benzene rings is 10. The van der Waals surface area contributed by atoms with Crippen LogP contribution in [0.25, 0.3) is 96.0 Å². The minimum Gasteiger partial charge on any atom is -0.309 e. The van der Waals surface area contributed by atoms with Gasteiger partial charge in [0.2, 0.25) is 0 Å². The fourth-order valence-corrected chi connectivity index (χ4v) is 11.7. The Morgan fingerprint density at radius 3 is 1.33 bits per heavy atom. The van der Waals surface area contributed by atoms with Crippen molar-refractivity contribution >= 4 is 80.1 Å². The lowest BCUT2D eigenvalue weighted by molar-refractivity contribution is 1.31. The molecule has 0 radical (unpaired) electrons. The molecule has 0 bridgehead atoms. The van der Waals surface area contributed by atoms with Gasteiger partial charge >= 0.3 is 0 Å². The van der Waals surface area contributed by atoms with Crippen LogP contribution in [0.1, 0.15) is 0 Å². The van der Waals surface area contributed by atoms with Crippen LogP contribution in [0.4, 0.5) is 17.1 Å². The van der Waals surface area contributed by atoms with E-state index in [1.54, 1.807) is 0 Å². The van der Waals surface area contributed by atoms with Crippen molar-refractivity contribution in [2.45, 2.75) is 0 Å². The molecule has 0 N–H and O–H groups in total. The zero-order valence-electron chi connectivity index (χ0n) is 34.3. The molecular weight excluding hydrogens is 799 g/mol. The van der Waals surface area contributed by atoms with Gasteiger partial charge in [-0.1, -0.05) is 200 Å². The van der Waals surface area contributed by atoms with Crippen molar-refractivity contribution in [2.24, 2.45) is 0 Å². The maximum Gasteiger partial charge on any atom is 0.0618 e. The molecule has 2 aromatic heterocycles. The lowest BCUT2D eigenvalue weighted by atomic mass is 9.93. The first-order valence-corrected chi connectivity index (χ1v) is 23.0. The number of hydrogen-bond donors (Lipinski definition) is 0. The zero-order valence-corrected chi connectivity index (χ0v) is 35.9. The maximum atomic E-state index is 2.57. The monoisotopic (exact) mass is 837 g/mol. The molecule has 2 heterocycles. The van der Waals surface area contributed by atoms with E-state index in [1.165, 1.54) is 96.0 Å². The SMILES string of the molecule is c1ccc(-c2ccc3c(c2)sc2ccc(N(c4c(-c5ccccc5)cccc4-c4ccccc4)c4ccc(-c5ccccc5)c5sc6cc(-c7ccccc7)ccc6c45)cc23)cc1. The van der Waals surface area contributed by atoms with E-state index in [1.807, 2.05) is 22.7 Å². The van der Waals surface area contributed by atoms with Gasteiger partial charge in [0.25, 0.3) is 0 Å². The summed E-state index contributed by atoms with van der Waals surface area (Å²) < 4.78 is 5.11. The Morgan fingerprint density at radius 2 is 0.778 bits per heavy atom. The third-order valence-electron chi connectivity index (χ3n) is 12.3. The number of anilines is 3. The van der Waals surface area contributed by atoms with Gasteiger partial charge in [0.1, 0.15) is 0 Å². The van der Waals surface area contributed by atoms with Crippen molar-refractivity contribution in [1.29, 1.82) is 0 Å². The Morgan fingerprint density at radius 1 is 0.286 bits per heavy atom. The van der Waals surface area contributed by atoms with Gasteiger partial charge in [-0.05, 0) is 80.9 Å². The van der Waals surface area contributed by atoms with E-state index >= 15 is 0 Å². The Hall–Kier alpha value is -7.56. The Kier molecular flexibility index (Phi) is 9.29. The van der Waals surface area contributed by atoms with Gasteiger partial charge in [-0.25, -0.2) is 0 Å². The zero-order chi connectivity index (χ0) is 41.7. The van der Waals surface area contributed by atoms with Crippen LogP contribution in [0, 0.1) is 0 Å². The summed E-state index contributed by atoms with van der Waals surface area (Å²) >= 11 is 3.77. The van der Waals surface area contributed by atoms with Crippen LogP contribution in [0.2, 0.25) is 0 Å². The number of thiophene rings is 2. The molecular formula is C60H39NS2. The topological polar surface area (TPSA) is 3.24 Å². The van der Waals surface area contributed by atoms with E-state index < -0.39 is 0 Å². The summed E-state index contributed by atoms with van der Waals surface area (Å²) in [5.74, 6) is 0. The van der Waals surface area contributed by atoms with Crippen molar-refractivity contribution in [1.82, 2.24) is 0 Å². The van der Waals surface area contributed by atoms with E-state index in [4.69, 9.17) is 0 Å². The van der Waals surface area contributed by atoms with Gasteiger partial charge in [-0.15, -0.1) is 22.7 Å². The molecule has 1 nitrogen and oxygen atoms in total. The Labute approximate surface area is 375 Å². The quantitative estimate of drug-likeness (QED) is 0.147. The predicted molar refractivity (Wildman–Crippen MR) is 274 cm³/mol. The minimum absolute atomic E-state index is 1.11. The standard InChI is InChI=1S/C60H39NS2/c1-6-17-40(18-7-1)45-29-32-51-53-39-47(31-36-55(53)62-56(51)37-45)61(59-48(42-21-10-3-11-22-42)27-16-28-49(59)43-23-12-4-13-24-43)54-35-34-50(44-25-14-5-15-26-44)60-58(54)52-33-30-46(38-57(52)63-60)41-19-8-2-9-20-41/h1-39H. The van der Waals surface area contributed by atoms with Crippen LogP contribution in [-0.2, 0) is 0 Å². The van der Waals surface area contributed by atoms with Crippen molar-refractivity contribution < 1.29 is 0 Å². The molecule has 12 aromatic rings. The van der Waals surface area contributed by atoms with Gasteiger partial charge in [-0.2, -0.15) is 0 Å². The van der Waals surface area contributed by atoms with Crippen molar-refractivity contribution in [2.75, 3.05) is 4.90 Å². The second-order valence-corrected chi connectivity index (χ2v) is 18.1. The molecule has 0 unspecified atom stereocenters. The molecule has 0 amide bonds. The van der Waals surface area contributed by atoms with E-state index in [-0.39, 0.29) is 0 Å². The van der Waals surface area contributed by atoms with Crippen molar-refractivity contribution in [3.05, 3.63) is 237 Å². The second-order valence-electron chi connectivity index (χ2n) is 16.0. The number of hydrogen-bond acceptors (Lipinski definition) is 3. The van der Waals surface area contributed by atoms with Crippen LogP contribution in [0.3, 0.4) is 0 Å². The highest BCUT2D eigenvalue weighted by Gasteiger charge is 2.26. The second kappa shape index (κ2) is 15.7. The molecule has 3 heteroatoms. The summed E-state index contributed by atoms with van der Waals surface area (Å²) in [6, 6.07) is 86.7. The summed E-state index contributed by atoms with van der Waals surface area (Å²) in [5.41, 5.74) is 15.5. The molecule has 63 heavy (non-hydrogen) atoms. The number of para-hydroxylation sites is 1. The highest BCUT2D eigenvalue weighted by atomic mass is 32.1.